The summed E-state index contributed by atoms with van der Waals surface area (Å²) in [5.41, 5.74) is 0.892. The van der Waals surface area contributed by atoms with E-state index in [0.29, 0.717) is 36.2 Å². The van der Waals surface area contributed by atoms with Gasteiger partial charge >= 0.3 is 18.1 Å². The van der Waals surface area contributed by atoms with Crippen LogP contribution >= 0.6 is 0 Å². The molecule has 0 bridgehead atoms. The van der Waals surface area contributed by atoms with Crippen LogP contribution in [0.4, 0.5) is 17.6 Å². The Morgan fingerprint density at radius 2 is 1.74 bits per heavy atom. The smallest absolute Gasteiger partial charge is 0.416 e. The molecule has 0 saturated carbocycles. The molecule has 0 unspecified atom stereocenters. The number of methoxy groups -OCH3 is 1. The van der Waals surface area contributed by atoms with Gasteiger partial charge in [0.1, 0.15) is 11.4 Å². The highest BCUT2D eigenvalue weighted by molar-refractivity contribution is 5.94. The van der Waals surface area contributed by atoms with E-state index in [2.05, 4.69) is 5.32 Å². The van der Waals surface area contributed by atoms with Crippen LogP contribution in [-0.2, 0) is 60.6 Å². The van der Waals surface area contributed by atoms with E-state index in [1.165, 1.54) is 12.0 Å². The summed E-state index contributed by atoms with van der Waals surface area (Å²) >= 11 is 0. The number of fused-ring (bicyclic) bond motifs is 1. The lowest BCUT2D eigenvalue weighted by molar-refractivity contribution is -0.154. The van der Waals surface area contributed by atoms with Gasteiger partial charge in [-0.1, -0.05) is 18.2 Å². The molecule has 226 valence electrons. The Morgan fingerprint density at radius 1 is 1.02 bits per heavy atom. The van der Waals surface area contributed by atoms with E-state index in [-0.39, 0.29) is 31.5 Å². The van der Waals surface area contributed by atoms with Gasteiger partial charge in [0.05, 0.1) is 32.1 Å². The fourth-order valence-corrected chi connectivity index (χ4v) is 4.40. The lowest BCUT2D eigenvalue weighted by Gasteiger charge is -2.31. The Labute approximate surface area is 240 Å². The number of esters is 2. The van der Waals surface area contributed by atoms with Crippen LogP contribution in [-0.4, -0.2) is 54.5 Å². The number of nitrogens with one attached hydrogen (secondary N) is 1. The van der Waals surface area contributed by atoms with Crippen molar-refractivity contribution < 1.29 is 46.2 Å². The maximum atomic E-state index is 14.0. The molecule has 1 aliphatic heterocycles. The minimum atomic E-state index is -4.70. The number of carbonyl (C=O) groups excluding carboxylic acids is 4. The minimum Gasteiger partial charge on any atom is -0.469 e. The van der Waals surface area contributed by atoms with Crippen LogP contribution in [0.1, 0.15) is 54.2 Å². The van der Waals surface area contributed by atoms with Gasteiger partial charge in [0.2, 0.25) is 11.8 Å². The summed E-state index contributed by atoms with van der Waals surface area (Å²) in [6.45, 7) is 5.41. The van der Waals surface area contributed by atoms with Crippen LogP contribution in [0.25, 0.3) is 6.08 Å². The number of hydrogen-bond donors (Lipinski definition) is 1. The first-order chi connectivity index (χ1) is 19.6. The average molecular weight is 593 g/mol. The highest BCUT2D eigenvalue weighted by Gasteiger charge is 2.31. The summed E-state index contributed by atoms with van der Waals surface area (Å²) in [5.74, 6) is -3.19. The third-order valence-electron chi connectivity index (χ3n) is 6.33. The van der Waals surface area contributed by atoms with E-state index in [1.54, 1.807) is 26.8 Å². The van der Waals surface area contributed by atoms with Gasteiger partial charge in [-0.25, -0.2) is 4.39 Å². The predicted octanol–water partition coefficient (Wildman–Crippen LogP) is 4.16. The van der Waals surface area contributed by atoms with Crippen molar-refractivity contribution in [2.45, 2.75) is 58.4 Å². The van der Waals surface area contributed by atoms with Crippen molar-refractivity contribution in [1.29, 1.82) is 0 Å². The van der Waals surface area contributed by atoms with Gasteiger partial charge in [-0.15, -0.1) is 0 Å². The number of benzene rings is 2. The molecule has 0 radical (unpaired) electrons. The molecular weight excluding hydrogens is 560 g/mol. The molecule has 0 aromatic heterocycles. The topological polar surface area (TPSA) is 102 Å². The number of halogens is 4. The minimum absolute atomic E-state index is 0.0112. The standard InChI is InChI=1S/C30H32F4N2O6/c1-29(2,3)42-28(40)13-18-11-20-9-10-36(17-23(20)21(12-18)14-27(39)41-4)26(38)16-35-25(37)8-6-19-5-7-22(15-24(19)31)30(32,33)34/h5-8,11-12,15H,9-10,13-14,16-17H2,1-4H3,(H,35,37)/b8-6+. The predicted molar refractivity (Wildman–Crippen MR) is 144 cm³/mol. The molecule has 2 amide bonds. The van der Waals surface area contributed by atoms with Crippen LogP contribution in [0.3, 0.4) is 0 Å². The molecular formula is C30H32F4N2O6. The first-order valence-electron chi connectivity index (χ1n) is 13.1. The summed E-state index contributed by atoms with van der Waals surface area (Å²) < 4.78 is 62.3. The Morgan fingerprint density at radius 3 is 2.36 bits per heavy atom. The maximum Gasteiger partial charge on any atom is 0.416 e. The molecule has 8 nitrogen and oxygen atoms in total. The second kappa shape index (κ2) is 13.2. The Hall–Kier alpha value is -4.22. The molecule has 0 saturated heterocycles. The van der Waals surface area contributed by atoms with Crippen LogP contribution in [0.15, 0.2) is 36.4 Å². The van der Waals surface area contributed by atoms with E-state index < -0.39 is 46.9 Å². The van der Waals surface area contributed by atoms with Gasteiger partial charge in [-0.2, -0.15) is 13.2 Å². The van der Waals surface area contributed by atoms with Crippen molar-refractivity contribution in [3.8, 4) is 0 Å². The molecule has 0 fully saturated rings. The Kier molecular flexibility index (Phi) is 10.1. The van der Waals surface area contributed by atoms with Crippen molar-refractivity contribution >= 4 is 29.8 Å². The molecule has 1 N–H and O–H groups in total. The molecule has 0 atom stereocenters. The number of alkyl halides is 3. The van der Waals surface area contributed by atoms with E-state index in [9.17, 15) is 36.7 Å². The van der Waals surface area contributed by atoms with Crippen LogP contribution in [0, 0.1) is 5.82 Å². The Balaban J connectivity index is 1.66. The molecule has 0 spiro atoms. The molecule has 12 heteroatoms. The normalized spacial score (nSPS) is 13.5. The fourth-order valence-electron chi connectivity index (χ4n) is 4.40. The van der Waals surface area contributed by atoms with Gasteiger partial charge in [-0.3, -0.25) is 19.2 Å². The molecule has 2 aromatic carbocycles. The van der Waals surface area contributed by atoms with Gasteiger partial charge in [0.15, 0.2) is 0 Å². The average Bonchev–Trinajstić information content (AvgIpc) is 2.89. The van der Waals surface area contributed by atoms with E-state index >= 15 is 0 Å². The fraction of sp³-hybridized carbons (Fsp3) is 0.400. The zero-order chi connectivity index (χ0) is 31.2. The van der Waals surface area contributed by atoms with Crippen LogP contribution in [0.2, 0.25) is 0 Å². The quantitative estimate of drug-likeness (QED) is 0.281. The van der Waals surface area contributed by atoms with Crippen molar-refractivity contribution in [1.82, 2.24) is 10.2 Å². The largest absolute Gasteiger partial charge is 0.469 e. The first-order valence-corrected chi connectivity index (χ1v) is 13.1. The van der Waals surface area contributed by atoms with Gasteiger partial charge in [0, 0.05) is 24.7 Å². The molecule has 3 rings (SSSR count). The molecule has 42 heavy (non-hydrogen) atoms. The second-order valence-corrected chi connectivity index (χ2v) is 10.8. The third kappa shape index (κ3) is 9.15. The summed E-state index contributed by atoms with van der Waals surface area (Å²) in [5, 5.41) is 2.39. The number of rotatable bonds is 8. The van der Waals surface area contributed by atoms with E-state index in [1.807, 2.05) is 6.07 Å². The number of ether oxygens (including phenoxy) is 2. The molecule has 2 aromatic rings. The van der Waals surface area contributed by atoms with E-state index in [4.69, 9.17) is 9.47 Å². The number of hydrogen-bond acceptors (Lipinski definition) is 6. The summed E-state index contributed by atoms with van der Waals surface area (Å²) in [6.07, 6.45) is -2.37. The molecule has 0 aliphatic carbocycles. The zero-order valence-corrected chi connectivity index (χ0v) is 23.7. The van der Waals surface area contributed by atoms with Crippen molar-refractivity contribution in [2.75, 3.05) is 20.2 Å². The first kappa shape index (κ1) is 32.3. The monoisotopic (exact) mass is 592 g/mol. The second-order valence-electron chi connectivity index (χ2n) is 10.8. The van der Waals surface area contributed by atoms with Crippen molar-refractivity contribution in [2.24, 2.45) is 0 Å². The van der Waals surface area contributed by atoms with Crippen LogP contribution < -0.4 is 5.32 Å². The van der Waals surface area contributed by atoms with E-state index in [0.717, 1.165) is 29.3 Å². The summed E-state index contributed by atoms with van der Waals surface area (Å²) in [6, 6.07) is 5.52. The van der Waals surface area contributed by atoms with Crippen molar-refractivity contribution in [3.05, 3.63) is 75.6 Å². The zero-order valence-electron chi connectivity index (χ0n) is 23.7. The highest BCUT2D eigenvalue weighted by Crippen LogP contribution is 2.30. The number of carbonyl (C=O) groups is 4. The molecule has 1 aliphatic rings. The number of nitrogens with zero attached hydrogens (tertiary/aromatic N) is 1. The maximum absolute atomic E-state index is 14.0. The Bertz CT molecular complexity index is 1400. The van der Waals surface area contributed by atoms with Gasteiger partial charge < -0.3 is 19.7 Å². The van der Waals surface area contributed by atoms with Crippen molar-refractivity contribution in [3.63, 3.8) is 0 Å². The SMILES string of the molecule is COC(=O)Cc1cc(CC(=O)OC(C)(C)C)cc2c1CN(C(=O)CNC(=O)/C=C/c1ccc(C(F)(F)F)cc1F)CC2. The lowest BCUT2D eigenvalue weighted by Crippen LogP contribution is -2.42. The molecule has 1 heterocycles. The van der Waals surface area contributed by atoms with Crippen LogP contribution in [0.5, 0.6) is 0 Å². The number of amides is 2. The van der Waals surface area contributed by atoms with Gasteiger partial charge in [0.25, 0.3) is 0 Å². The third-order valence-corrected chi connectivity index (χ3v) is 6.33. The summed E-state index contributed by atoms with van der Waals surface area (Å²) in [4.78, 5) is 51.1. The lowest BCUT2D eigenvalue weighted by atomic mass is 9.90. The highest BCUT2D eigenvalue weighted by atomic mass is 19.4. The summed E-state index contributed by atoms with van der Waals surface area (Å²) in [7, 11) is 1.26. The van der Waals surface area contributed by atoms with Gasteiger partial charge in [-0.05, 0) is 67.7 Å².